The molecule has 2 heterocycles. The van der Waals surface area contributed by atoms with Gasteiger partial charge in [0.2, 0.25) is 0 Å². The van der Waals surface area contributed by atoms with Crippen LogP contribution in [-0.4, -0.2) is 67.8 Å². The Morgan fingerprint density at radius 3 is 2.33 bits per heavy atom. The van der Waals surface area contributed by atoms with Crippen molar-refractivity contribution >= 4 is 0 Å². The summed E-state index contributed by atoms with van der Waals surface area (Å²) < 4.78 is 11.6. The van der Waals surface area contributed by atoms with Crippen molar-refractivity contribution < 1.29 is 14.6 Å². The number of likely N-dealkylation sites (tertiary alicyclic amines) is 1. The Labute approximate surface area is 128 Å². The number of rotatable bonds is 5. The van der Waals surface area contributed by atoms with Crippen LogP contribution in [0, 0.1) is 5.92 Å². The van der Waals surface area contributed by atoms with Gasteiger partial charge in [-0.1, -0.05) is 0 Å². The molecule has 0 radical (unpaired) electrons. The molecule has 0 amide bonds. The van der Waals surface area contributed by atoms with Crippen LogP contribution in [-0.2, 0) is 9.47 Å². The highest BCUT2D eigenvalue weighted by Crippen LogP contribution is 2.35. The Kier molecular flexibility index (Phi) is 5.51. The van der Waals surface area contributed by atoms with E-state index < -0.39 is 0 Å². The molecule has 0 bridgehead atoms. The Morgan fingerprint density at radius 2 is 1.71 bits per heavy atom. The molecule has 2 N–H and O–H groups in total. The summed E-state index contributed by atoms with van der Waals surface area (Å²) in [5, 5.41) is 12.7. The molecule has 0 aromatic carbocycles. The molecule has 0 aromatic rings. The van der Waals surface area contributed by atoms with Gasteiger partial charge >= 0.3 is 0 Å². The fraction of sp³-hybridized carbons (Fsp3) is 1.00. The van der Waals surface area contributed by atoms with Crippen molar-refractivity contribution in [3.05, 3.63) is 0 Å². The third-order valence-electron chi connectivity index (χ3n) is 5.38. The van der Waals surface area contributed by atoms with Gasteiger partial charge in [0.25, 0.3) is 0 Å². The highest BCUT2D eigenvalue weighted by atomic mass is 16.7. The van der Waals surface area contributed by atoms with Crippen molar-refractivity contribution in [2.75, 3.05) is 46.0 Å². The van der Waals surface area contributed by atoms with Crippen molar-refractivity contribution in [1.82, 2.24) is 10.2 Å². The van der Waals surface area contributed by atoms with Crippen molar-refractivity contribution in [2.24, 2.45) is 5.92 Å². The molecule has 0 aromatic heterocycles. The average Bonchev–Trinajstić information content (AvgIpc) is 2.97. The van der Waals surface area contributed by atoms with Crippen LogP contribution in [0.4, 0.5) is 0 Å². The van der Waals surface area contributed by atoms with E-state index in [2.05, 4.69) is 10.2 Å². The molecule has 2 saturated heterocycles. The second kappa shape index (κ2) is 7.38. The van der Waals surface area contributed by atoms with Gasteiger partial charge < -0.3 is 24.8 Å². The second-order valence-corrected chi connectivity index (χ2v) is 6.80. The zero-order valence-corrected chi connectivity index (χ0v) is 13.1. The van der Waals surface area contributed by atoms with Gasteiger partial charge in [0, 0.05) is 25.4 Å². The van der Waals surface area contributed by atoms with E-state index in [0.717, 1.165) is 58.2 Å². The predicted molar refractivity (Wildman–Crippen MR) is 81.1 cm³/mol. The van der Waals surface area contributed by atoms with Crippen LogP contribution in [0.15, 0.2) is 0 Å². The lowest BCUT2D eigenvalue weighted by Crippen LogP contribution is -2.44. The Morgan fingerprint density at radius 1 is 1.05 bits per heavy atom. The molecule has 3 rings (SSSR count). The van der Waals surface area contributed by atoms with E-state index in [-0.39, 0.29) is 12.4 Å². The highest BCUT2D eigenvalue weighted by Gasteiger charge is 2.40. The van der Waals surface area contributed by atoms with Crippen molar-refractivity contribution in [3.8, 4) is 0 Å². The third-order valence-corrected chi connectivity index (χ3v) is 5.38. The van der Waals surface area contributed by atoms with E-state index >= 15 is 0 Å². The maximum atomic E-state index is 8.97. The maximum Gasteiger partial charge on any atom is 0.168 e. The number of β-amino-alcohol motifs (C(OH)–C–C–N with tert-alkyl or cyclic N) is 1. The maximum absolute atomic E-state index is 8.97. The zero-order chi connectivity index (χ0) is 14.5. The topological polar surface area (TPSA) is 54.0 Å². The summed E-state index contributed by atoms with van der Waals surface area (Å²) in [4.78, 5) is 2.37. The van der Waals surface area contributed by atoms with E-state index in [0.29, 0.717) is 6.04 Å². The molecule has 122 valence electrons. The highest BCUT2D eigenvalue weighted by molar-refractivity contribution is 4.86. The first-order chi connectivity index (χ1) is 10.3. The summed E-state index contributed by atoms with van der Waals surface area (Å²) in [5.41, 5.74) is 0. The number of ether oxygens (including phenoxy) is 2. The van der Waals surface area contributed by atoms with Crippen LogP contribution in [0.3, 0.4) is 0 Å². The molecule has 1 aliphatic carbocycles. The van der Waals surface area contributed by atoms with Crippen LogP contribution >= 0.6 is 0 Å². The summed E-state index contributed by atoms with van der Waals surface area (Å²) in [7, 11) is 0. The largest absolute Gasteiger partial charge is 0.395 e. The van der Waals surface area contributed by atoms with Crippen molar-refractivity contribution in [2.45, 2.75) is 50.4 Å². The first-order valence-electron chi connectivity index (χ1n) is 8.64. The van der Waals surface area contributed by atoms with Gasteiger partial charge in [-0.2, -0.15) is 0 Å². The molecule has 5 nitrogen and oxygen atoms in total. The number of aliphatic hydroxyl groups excluding tert-OH is 1. The summed E-state index contributed by atoms with van der Waals surface area (Å²) in [6, 6.07) is 0.638. The van der Waals surface area contributed by atoms with Gasteiger partial charge in [-0.05, 0) is 51.2 Å². The average molecular weight is 298 g/mol. The SMILES string of the molecule is OCCN1CCC(CNC2CCC3(CC2)OCCO3)CC1. The first kappa shape index (κ1) is 15.7. The normalized spacial score (nSPS) is 28.4. The monoisotopic (exact) mass is 298 g/mol. The Bertz CT molecular complexity index is 303. The molecular weight excluding hydrogens is 268 g/mol. The minimum absolute atomic E-state index is 0.228. The minimum atomic E-state index is -0.228. The summed E-state index contributed by atoms with van der Waals surface area (Å²) >= 11 is 0. The number of nitrogens with one attached hydrogen (secondary N) is 1. The molecule has 2 aliphatic heterocycles. The van der Waals surface area contributed by atoms with Gasteiger partial charge in [0.1, 0.15) is 0 Å². The van der Waals surface area contributed by atoms with Crippen LogP contribution in [0.1, 0.15) is 38.5 Å². The van der Waals surface area contributed by atoms with E-state index in [1.807, 2.05) is 0 Å². The lowest BCUT2D eigenvalue weighted by Gasteiger charge is -2.37. The van der Waals surface area contributed by atoms with E-state index in [1.54, 1.807) is 0 Å². The summed E-state index contributed by atoms with van der Waals surface area (Å²) in [6.45, 7) is 6.09. The summed E-state index contributed by atoms with van der Waals surface area (Å²) in [6.07, 6.45) is 6.94. The number of piperidine rings is 1. The molecular formula is C16H30N2O3. The number of hydrogen-bond acceptors (Lipinski definition) is 5. The quantitative estimate of drug-likeness (QED) is 0.792. The molecule has 0 unspecified atom stereocenters. The standard InChI is InChI=1S/C16H30N2O3/c19-10-9-18-7-3-14(4-8-18)13-17-15-1-5-16(6-2-15)20-11-12-21-16/h14-15,17,19H,1-13H2. The molecule has 5 heteroatoms. The van der Waals surface area contributed by atoms with Crippen LogP contribution in [0.5, 0.6) is 0 Å². The minimum Gasteiger partial charge on any atom is -0.395 e. The number of nitrogens with zero attached hydrogens (tertiary/aromatic N) is 1. The lowest BCUT2D eigenvalue weighted by atomic mass is 9.89. The van der Waals surface area contributed by atoms with Gasteiger partial charge in [-0.25, -0.2) is 0 Å². The number of hydrogen-bond donors (Lipinski definition) is 2. The fourth-order valence-corrected chi connectivity index (χ4v) is 3.94. The molecule has 21 heavy (non-hydrogen) atoms. The third kappa shape index (κ3) is 4.17. The van der Waals surface area contributed by atoms with Crippen LogP contribution in [0.2, 0.25) is 0 Å². The smallest absolute Gasteiger partial charge is 0.168 e. The molecule has 1 saturated carbocycles. The van der Waals surface area contributed by atoms with Crippen molar-refractivity contribution in [3.63, 3.8) is 0 Å². The van der Waals surface area contributed by atoms with Crippen molar-refractivity contribution in [1.29, 1.82) is 0 Å². The van der Waals surface area contributed by atoms with Gasteiger partial charge in [0.05, 0.1) is 19.8 Å². The van der Waals surface area contributed by atoms with E-state index in [4.69, 9.17) is 14.6 Å². The summed E-state index contributed by atoms with van der Waals surface area (Å²) in [5.74, 6) is 0.572. The molecule has 3 aliphatic rings. The second-order valence-electron chi connectivity index (χ2n) is 6.80. The molecule has 3 fully saturated rings. The van der Waals surface area contributed by atoms with Crippen LogP contribution in [0.25, 0.3) is 0 Å². The Hall–Kier alpha value is -0.200. The lowest BCUT2D eigenvalue weighted by molar-refractivity contribution is -0.179. The number of aliphatic hydroxyl groups is 1. The fourth-order valence-electron chi connectivity index (χ4n) is 3.94. The van der Waals surface area contributed by atoms with Gasteiger partial charge in [-0.15, -0.1) is 0 Å². The van der Waals surface area contributed by atoms with E-state index in [9.17, 15) is 0 Å². The van der Waals surface area contributed by atoms with Gasteiger partial charge in [-0.3, -0.25) is 0 Å². The van der Waals surface area contributed by atoms with Crippen LogP contribution < -0.4 is 5.32 Å². The zero-order valence-electron chi connectivity index (χ0n) is 13.1. The Balaban J connectivity index is 1.32. The molecule has 0 atom stereocenters. The van der Waals surface area contributed by atoms with E-state index in [1.165, 1.54) is 25.7 Å². The first-order valence-corrected chi connectivity index (χ1v) is 8.64. The predicted octanol–water partition coefficient (Wildman–Crippen LogP) is 0.966. The van der Waals surface area contributed by atoms with Gasteiger partial charge in [0.15, 0.2) is 5.79 Å². The molecule has 1 spiro atoms.